The first kappa shape index (κ1) is 28.3. The van der Waals surface area contributed by atoms with Crippen LogP contribution in [-0.2, 0) is 21.0 Å². The molecule has 0 unspecified atom stereocenters. The molecule has 1 heterocycles. The van der Waals surface area contributed by atoms with E-state index < -0.39 is 33.2 Å². The van der Waals surface area contributed by atoms with Crippen molar-refractivity contribution in [2.24, 2.45) is 4.99 Å². The van der Waals surface area contributed by atoms with E-state index in [0.29, 0.717) is 11.3 Å². The van der Waals surface area contributed by atoms with Crippen LogP contribution in [0.15, 0.2) is 70.6 Å². The molecule has 3 aromatic carbocycles. The summed E-state index contributed by atoms with van der Waals surface area (Å²) < 4.78 is 68.9. The Morgan fingerprint density at radius 2 is 1.56 bits per heavy atom. The zero-order chi connectivity index (χ0) is 28.8. The van der Waals surface area contributed by atoms with Crippen molar-refractivity contribution in [3.63, 3.8) is 0 Å². The van der Waals surface area contributed by atoms with Crippen molar-refractivity contribution in [2.75, 3.05) is 24.3 Å². The van der Waals surface area contributed by atoms with Crippen LogP contribution < -0.4 is 14.9 Å². The highest BCUT2D eigenvalue weighted by Gasteiger charge is 2.36. The second kappa shape index (κ2) is 10.1. The molecule has 0 saturated carbocycles. The number of halogens is 3. The molecule has 4 rings (SSSR count). The minimum Gasteiger partial charge on any atom is -0.377 e. The van der Waals surface area contributed by atoms with Crippen molar-refractivity contribution in [3.05, 3.63) is 71.8 Å². The quantitative estimate of drug-likeness (QED) is 0.403. The number of hydrogen-bond acceptors (Lipinski definition) is 5. The van der Waals surface area contributed by atoms with Gasteiger partial charge in [-0.05, 0) is 67.8 Å². The normalized spacial score (nSPS) is 14.3. The van der Waals surface area contributed by atoms with E-state index in [-0.39, 0.29) is 28.4 Å². The maximum Gasteiger partial charge on any atom is 0.418 e. The van der Waals surface area contributed by atoms with Gasteiger partial charge in [-0.1, -0.05) is 30.3 Å². The number of nitrogens with one attached hydrogen (secondary N) is 2. The molecule has 3 aromatic rings. The van der Waals surface area contributed by atoms with Gasteiger partial charge in [0.25, 0.3) is 0 Å². The van der Waals surface area contributed by atoms with Gasteiger partial charge in [0.05, 0.1) is 39.7 Å². The van der Waals surface area contributed by atoms with Crippen LogP contribution in [0.2, 0.25) is 0 Å². The Kier molecular flexibility index (Phi) is 7.35. The number of carbonyl (C=O) groups excluding carboxylic acids is 1. The summed E-state index contributed by atoms with van der Waals surface area (Å²) in [6.45, 7) is 5.28. The van der Waals surface area contributed by atoms with Crippen LogP contribution in [0.5, 0.6) is 0 Å². The fourth-order valence-corrected chi connectivity index (χ4v) is 5.65. The van der Waals surface area contributed by atoms with Gasteiger partial charge in [0, 0.05) is 19.6 Å². The molecule has 1 amide bonds. The molecule has 0 atom stereocenters. The highest BCUT2D eigenvalue weighted by atomic mass is 32.2. The Hall–Kier alpha value is -3.70. The number of fused-ring (bicyclic) bond motifs is 1. The molecule has 0 radical (unpaired) electrons. The zero-order valence-electron chi connectivity index (χ0n) is 22.1. The van der Waals surface area contributed by atoms with E-state index in [9.17, 15) is 26.4 Å². The number of aliphatic imine (C=N–C) groups is 1. The number of nitrogens with zero attached hydrogens (tertiary/aromatic N) is 2. The van der Waals surface area contributed by atoms with Crippen LogP contribution >= 0.6 is 0 Å². The predicted molar refractivity (Wildman–Crippen MR) is 147 cm³/mol. The predicted octanol–water partition coefficient (Wildman–Crippen LogP) is 5.98. The molecular weight excluding hydrogens is 529 g/mol. The maximum atomic E-state index is 13.7. The minimum atomic E-state index is -4.61. The molecule has 39 heavy (non-hydrogen) atoms. The van der Waals surface area contributed by atoms with Gasteiger partial charge in [-0.15, -0.1) is 0 Å². The third-order valence-electron chi connectivity index (χ3n) is 5.89. The number of amides is 1. The second-order valence-electron chi connectivity index (χ2n) is 10.5. The molecule has 0 aliphatic carbocycles. The average Bonchev–Trinajstić information content (AvgIpc) is 2.99. The maximum absolute atomic E-state index is 13.7. The first-order chi connectivity index (χ1) is 18.0. The van der Waals surface area contributed by atoms with Gasteiger partial charge >= 0.3 is 6.18 Å². The van der Waals surface area contributed by atoms with E-state index in [1.54, 1.807) is 45.0 Å². The topological polar surface area (TPSA) is 90.9 Å². The van der Waals surface area contributed by atoms with Crippen LogP contribution in [0.25, 0.3) is 11.1 Å². The first-order valence-corrected chi connectivity index (χ1v) is 13.6. The molecule has 0 spiro atoms. The average molecular weight is 559 g/mol. The monoisotopic (exact) mass is 558 g/mol. The molecule has 1 aliphatic rings. The van der Waals surface area contributed by atoms with Crippen molar-refractivity contribution in [2.45, 2.75) is 43.8 Å². The smallest absolute Gasteiger partial charge is 0.377 e. The summed E-state index contributed by atoms with van der Waals surface area (Å²) in [5.41, 5.74) is 1.17. The van der Waals surface area contributed by atoms with Crippen LogP contribution in [-0.4, -0.2) is 39.7 Å². The van der Waals surface area contributed by atoms with Gasteiger partial charge in [-0.3, -0.25) is 9.79 Å². The number of benzene rings is 3. The lowest BCUT2D eigenvalue weighted by atomic mass is 9.99. The van der Waals surface area contributed by atoms with Crippen molar-refractivity contribution < 1.29 is 26.4 Å². The Bertz CT molecular complexity index is 1560. The Morgan fingerprint density at radius 1 is 0.923 bits per heavy atom. The Labute approximate surface area is 225 Å². The van der Waals surface area contributed by atoms with E-state index in [2.05, 4.69) is 15.0 Å². The number of rotatable bonds is 5. The van der Waals surface area contributed by atoms with E-state index in [1.807, 2.05) is 12.1 Å². The number of anilines is 2. The fourth-order valence-electron chi connectivity index (χ4n) is 4.23. The molecule has 0 saturated heterocycles. The molecular formula is C28H29F3N4O3S. The number of hydrogen-bond donors (Lipinski definition) is 2. The van der Waals surface area contributed by atoms with Crippen LogP contribution in [0.3, 0.4) is 0 Å². The van der Waals surface area contributed by atoms with Crippen molar-refractivity contribution in [1.82, 2.24) is 4.72 Å². The van der Waals surface area contributed by atoms with E-state index in [1.165, 1.54) is 37.2 Å². The summed E-state index contributed by atoms with van der Waals surface area (Å²) >= 11 is 0. The van der Waals surface area contributed by atoms with E-state index in [4.69, 9.17) is 0 Å². The Morgan fingerprint density at radius 3 is 2.15 bits per heavy atom. The van der Waals surface area contributed by atoms with Crippen LogP contribution in [0.1, 0.15) is 38.3 Å². The summed E-state index contributed by atoms with van der Waals surface area (Å²) in [5, 5.41) is 2.55. The van der Waals surface area contributed by atoms with Crippen LogP contribution in [0.4, 0.5) is 30.2 Å². The molecule has 0 fully saturated rings. The SMILES string of the molecule is CN(C)c1cc2c(cc1C(F)(F)F)NC(=O)CC(c1cccc(-c3ccc(S(=O)(=O)NC(C)(C)C)cc3)c1)=N2. The van der Waals surface area contributed by atoms with Gasteiger partial charge < -0.3 is 10.2 Å². The lowest BCUT2D eigenvalue weighted by molar-refractivity contribution is -0.137. The number of alkyl halides is 3. The zero-order valence-corrected chi connectivity index (χ0v) is 23.0. The first-order valence-electron chi connectivity index (χ1n) is 12.1. The molecule has 2 N–H and O–H groups in total. The number of sulfonamides is 1. The molecule has 7 nitrogen and oxygen atoms in total. The molecule has 206 valence electrons. The summed E-state index contributed by atoms with van der Waals surface area (Å²) in [5.74, 6) is -0.482. The van der Waals surface area contributed by atoms with Gasteiger partial charge in [-0.25, -0.2) is 13.1 Å². The van der Waals surface area contributed by atoms with Gasteiger partial charge in [-0.2, -0.15) is 13.2 Å². The Balaban J connectivity index is 1.72. The van der Waals surface area contributed by atoms with Gasteiger partial charge in [0.1, 0.15) is 0 Å². The molecule has 11 heteroatoms. The third kappa shape index (κ3) is 6.48. The van der Waals surface area contributed by atoms with Crippen molar-refractivity contribution in [1.29, 1.82) is 0 Å². The molecule has 1 aliphatic heterocycles. The number of carbonyl (C=O) groups is 1. The largest absolute Gasteiger partial charge is 0.418 e. The summed E-state index contributed by atoms with van der Waals surface area (Å²) in [6.07, 6.45) is -4.74. The fraction of sp³-hybridized carbons (Fsp3) is 0.286. The highest BCUT2D eigenvalue weighted by molar-refractivity contribution is 7.89. The standard InChI is InChI=1S/C28H29F3N4O3S/c1-27(2,3)34-39(37,38)20-11-9-17(10-12-20)18-7-6-8-19(13-18)22-16-26(36)33-23-14-21(28(29,30)31)25(35(4)5)15-24(23)32-22/h6-15,34H,16H2,1-5H3,(H,33,36). The molecule has 0 aromatic heterocycles. The summed E-state index contributed by atoms with van der Waals surface area (Å²) in [6, 6.07) is 15.8. The van der Waals surface area contributed by atoms with Crippen molar-refractivity contribution >= 4 is 38.7 Å². The van der Waals surface area contributed by atoms with Crippen molar-refractivity contribution in [3.8, 4) is 11.1 Å². The van der Waals surface area contributed by atoms with Gasteiger partial charge in [0.15, 0.2) is 0 Å². The van der Waals surface area contributed by atoms with Gasteiger partial charge in [0.2, 0.25) is 15.9 Å². The summed E-state index contributed by atoms with van der Waals surface area (Å²) in [4.78, 5) is 18.7. The van der Waals surface area contributed by atoms with E-state index >= 15 is 0 Å². The highest BCUT2D eigenvalue weighted by Crippen LogP contribution is 2.43. The van der Waals surface area contributed by atoms with Crippen LogP contribution in [0, 0.1) is 0 Å². The lowest BCUT2D eigenvalue weighted by Gasteiger charge is -2.21. The second-order valence-corrected chi connectivity index (χ2v) is 12.2. The summed E-state index contributed by atoms with van der Waals surface area (Å²) in [7, 11) is -0.670. The lowest BCUT2D eigenvalue weighted by Crippen LogP contribution is -2.40. The molecule has 0 bridgehead atoms. The van der Waals surface area contributed by atoms with E-state index in [0.717, 1.165) is 17.2 Å². The minimum absolute atomic E-state index is 0.00950. The third-order valence-corrected chi connectivity index (χ3v) is 7.67.